The van der Waals surface area contributed by atoms with Crippen LogP contribution in [0.4, 0.5) is 17.1 Å². The lowest BCUT2D eigenvalue weighted by atomic mass is 10.0. The predicted octanol–water partition coefficient (Wildman–Crippen LogP) is 13.9. The van der Waals surface area contributed by atoms with Gasteiger partial charge in [-0.05, 0) is 107 Å². The molecule has 0 atom stereocenters. The van der Waals surface area contributed by atoms with Gasteiger partial charge in [0.2, 0.25) is 0 Å². The van der Waals surface area contributed by atoms with Gasteiger partial charge in [-0.3, -0.25) is 0 Å². The molecule has 0 saturated carbocycles. The minimum absolute atomic E-state index is 1.11. The average Bonchev–Trinajstić information content (AvgIpc) is 3.55. The van der Waals surface area contributed by atoms with Crippen LogP contribution in [-0.4, -0.2) is 4.57 Å². The highest BCUT2D eigenvalue weighted by Crippen LogP contribution is 2.45. The number of rotatable bonds is 7. The lowest BCUT2D eigenvalue weighted by Gasteiger charge is -2.27. The fraction of sp³-hybridized carbons (Fsp3) is 0.0400. The highest BCUT2D eigenvalue weighted by atomic mass is 15.1. The summed E-state index contributed by atoms with van der Waals surface area (Å²) in [5.41, 5.74) is 16.7. The fourth-order valence-corrected chi connectivity index (χ4v) is 7.74. The van der Waals surface area contributed by atoms with Crippen LogP contribution in [0.25, 0.3) is 60.9 Å². The molecule has 0 amide bonds. The molecule has 0 fully saturated rings. The van der Waals surface area contributed by atoms with Crippen molar-refractivity contribution in [3.05, 3.63) is 205 Å². The van der Waals surface area contributed by atoms with Crippen molar-refractivity contribution < 1.29 is 0 Å². The van der Waals surface area contributed by atoms with Crippen molar-refractivity contribution in [2.24, 2.45) is 0 Å². The van der Waals surface area contributed by atoms with E-state index in [4.69, 9.17) is 0 Å². The fourth-order valence-electron chi connectivity index (χ4n) is 7.74. The quantitative estimate of drug-likeness (QED) is 0.164. The van der Waals surface area contributed by atoms with E-state index in [9.17, 15) is 0 Å². The molecule has 0 radical (unpaired) electrons. The lowest BCUT2D eigenvalue weighted by molar-refractivity contribution is 1.16. The molecule has 0 bridgehead atoms. The molecule has 1 heterocycles. The lowest BCUT2D eigenvalue weighted by Crippen LogP contribution is -2.10. The van der Waals surface area contributed by atoms with E-state index in [0.29, 0.717) is 0 Å². The van der Waals surface area contributed by atoms with Gasteiger partial charge in [0.05, 0.1) is 16.7 Å². The molecule has 0 spiro atoms. The SMILES string of the molecule is Cc1cc(C)c2c(c1)c1c(N(c3ccc(-c4ccccc4)cc3)c3ccc(-c4ccccc4)cc3)cccc1n2-c1ccc(-c2ccccc2)cc1. The number of fused-ring (bicyclic) bond motifs is 3. The molecule has 9 rings (SSSR count). The number of hydrogen-bond donors (Lipinski definition) is 0. The number of anilines is 3. The normalized spacial score (nSPS) is 11.3. The second kappa shape index (κ2) is 13.2. The summed E-state index contributed by atoms with van der Waals surface area (Å²) in [7, 11) is 0. The summed E-state index contributed by atoms with van der Waals surface area (Å²) in [4.78, 5) is 2.42. The van der Waals surface area contributed by atoms with Gasteiger partial charge in [-0.25, -0.2) is 0 Å². The predicted molar refractivity (Wildman–Crippen MR) is 221 cm³/mol. The summed E-state index contributed by atoms with van der Waals surface area (Å²) in [5.74, 6) is 0. The van der Waals surface area contributed by atoms with E-state index in [2.05, 4.69) is 217 Å². The van der Waals surface area contributed by atoms with Gasteiger partial charge in [0, 0.05) is 27.8 Å². The Bertz CT molecular complexity index is 2550. The van der Waals surface area contributed by atoms with Gasteiger partial charge in [0.25, 0.3) is 0 Å². The minimum atomic E-state index is 1.11. The van der Waals surface area contributed by atoms with Crippen LogP contribution < -0.4 is 4.90 Å². The van der Waals surface area contributed by atoms with Crippen molar-refractivity contribution in [2.75, 3.05) is 4.90 Å². The van der Waals surface area contributed by atoms with Crippen LogP contribution in [0.2, 0.25) is 0 Å². The van der Waals surface area contributed by atoms with Gasteiger partial charge < -0.3 is 9.47 Å². The number of aromatic nitrogens is 1. The summed E-state index contributed by atoms with van der Waals surface area (Å²) in [5, 5.41) is 2.48. The first-order valence-corrected chi connectivity index (χ1v) is 17.9. The third-order valence-electron chi connectivity index (χ3n) is 10.1. The first-order valence-electron chi connectivity index (χ1n) is 17.9. The Hall–Kier alpha value is -6.64. The molecule has 0 aliphatic carbocycles. The third kappa shape index (κ3) is 5.65. The summed E-state index contributed by atoms with van der Waals surface area (Å²) < 4.78 is 2.45. The third-order valence-corrected chi connectivity index (χ3v) is 10.1. The largest absolute Gasteiger partial charge is 0.310 e. The van der Waals surface area contributed by atoms with Crippen LogP contribution in [-0.2, 0) is 0 Å². The van der Waals surface area contributed by atoms with Crippen LogP contribution in [0.5, 0.6) is 0 Å². The van der Waals surface area contributed by atoms with Crippen molar-refractivity contribution in [3.8, 4) is 39.1 Å². The van der Waals surface area contributed by atoms with Crippen LogP contribution >= 0.6 is 0 Å². The molecule has 8 aromatic carbocycles. The van der Waals surface area contributed by atoms with Crippen molar-refractivity contribution >= 4 is 38.9 Å². The zero-order valence-corrected chi connectivity index (χ0v) is 29.4. The molecular formula is C50H38N2. The number of benzene rings is 8. The maximum absolute atomic E-state index is 2.45. The van der Waals surface area contributed by atoms with Gasteiger partial charge in [0.1, 0.15) is 0 Å². The maximum atomic E-state index is 2.45. The summed E-state index contributed by atoms with van der Waals surface area (Å²) in [6, 6.07) is 70.2. The van der Waals surface area contributed by atoms with Crippen LogP contribution in [0, 0.1) is 13.8 Å². The second-order valence-electron chi connectivity index (χ2n) is 13.6. The standard InChI is InChI=1S/C50H38N2/c1-35-33-36(2)50-46(34-35)49-47(19-12-20-48(49)52(50)45-31-25-42(26-32-45)39-17-10-5-11-18-39)51(43-27-21-40(22-28-43)37-13-6-3-7-14-37)44-29-23-41(24-30-44)38-15-8-4-9-16-38/h3-34H,1-2H3. The number of aryl methyl sites for hydroxylation is 2. The van der Waals surface area contributed by atoms with E-state index < -0.39 is 0 Å². The molecule has 52 heavy (non-hydrogen) atoms. The van der Waals surface area contributed by atoms with Gasteiger partial charge in [-0.15, -0.1) is 0 Å². The molecule has 0 saturated heterocycles. The zero-order valence-electron chi connectivity index (χ0n) is 29.4. The van der Waals surface area contributed by atoms with E-state index in [-0.39, 0.29) is 0 Å². The first-order chi connectivity index (χ1) is 25.6. The molecular weight excluding hydrogens is 629 g/mol. The van der Waals surface area contributed by atoms with E-state index >= 15 is 0 Å². The number of hydrogen-bond acceptors (Lipinski definition) is 1. The molecule has 1 aromatic heterocycles. The van der Waals surface area contributed by atoms with E-state index in [1.807, 2.05) is 0 Å². The maximum Gasteiger partial charge on any atom is 0.0571 e. The van der Waals surface area contributed by atoms with Crippen molar-refractivity contribution in [2.45, 2.75) is 13.8 Å². The van der Waals surface area contributed by atoms with Crippen molar-refractivity contribution in [1.82, 2.24) is 4.57 Å². The monoisotopic (exact) mass is 666 g/mol. The Balaban J connectivity index is 1.26. The summed E-state index contributed by atoms with van der Waals surface area (Å²) in [6.45, 7) is 4.44. The molecule has 0 aliphatic rings. The second-order valence-corrected chi connectivity index (χ2v) is 13.6. The van der Waals surface area contributed by atoms with Crippen LogP contribution in [0.15, 0.2) is 194 Å². The molecule has 9 aromatic rings. The molecule has 0 unspecified atom stereocenters. The minimum Gasteiger partial charge on any atom is -0.310 e. The smallest absolute Gasteiger partial charge is 0.0571 e. The summed E-state index contributed by atoms with van der Waals surface area (Å²) in [6.07, 6.45) is 0. The molecule has 0 N–H and O–H groups in total. The Labute approximate surface area is 305 Å². The Morgan fingerprint density at radius 3 is 1.33 bits per heavy atom. The van der Waals surface area contributed by atoms with E-state index in [0.717, 1.165) is 22.7 Å². The summed E-state index contributed by atoms with van der Waals surface area (Å²) >= 11 is 0. The van der Waals surface area contributed by atoms with Gasteiger partial charge in [-0.1, -0.05) is 145 Å². The molecule has 0 aliphatic heterocycles. The highest BCUT2D eigenvalue weighted by molar-refractivity contribution is 6.17. The Morgan fingerprint density at radius 2 is 0.846 bits per heavy atom. The molecule has 2 heteroatoms. The number of nitrogens with zero attached hydrogens (tertiary/aromatic N) is 2. The first kappa shape index (κ1) is 31.3. The van der Waals surface area contributed by atoms with Gasteiger partial charge >= 0.3 is 0 Å². The van der Waals surface area contributed by atoms with Gasteiger partial charge in [-0.2, -0.15) is 0 Å². The van der Waals surface area contributed by atoms with Gasteiger partial charge in [0.15, 0.2) is 0 Å². The van der Waals surface area contributed by atoms with E-state index in [1.165, 1.54) is 66.3 Å². The highest BCUT2D eigenvalue weighted by Gasteiger charge is 2.22. The average molecular weight is 667 g/mol. The van der Waals surface area contributed by atoms with Crippen LogP contribution in [0.3, 0.4) is 0 Å². The Morgan fingerprint density at radius 1 is 0.404 bits per heavy atom. The Kier molecular flexibility index (Phi) is 7.98. The van der Waals surface area contributed by atoms with Crippen LogP contribution in [0.1, 0.15) is 11.1 Å². The topological polar surface area (TPSA) is 8.17 Å². The van der Waals surface area contributed by atoms with Crippen molar-refractivity contribution in [3.63, 3.8) is 0 Å². The van der Waals surface area contributed by atoms with E-state index in [1.54, 1.807) is 0 Å². The zero-order chi connectivity index (χ0) is 35.0. The van der Waals surface area contributed by atoms with Crippen molar-refractivity contribution in [1.29, 1.82) is 0 Å². The molecule has 248 valence electrons. The molecule has 2 nitrogen and oxygen atoms in total.